The van der Waals surface area contributed by atoms with Gasteiger partial charge in [0.15, 0.2) is 5.88 Å². The Kier molecular flexibility index (Phi) is 8.25. The molecule has 0 aliphatic carbocycles. The monoisotopic (exact) mass is 490 g/mol. The van der Waals surface area contributed by atoms with Crippen LogP contribution in [0.4, 0.5) is 11.8 Å². The van der Waals surface area contributed by atoms with Gasteiger partial charge in [-0.1, -0.05) is 44.7 Å². The zero-order valence-corrected chi connectivity index (χ0v) is 21.7. The fourth-order valence-corrected chi connectivity index (χ4v) is 4.87. The minimum atomic E-state index is 0.0236. The number of anilines is 2. The van der Waals surface area contributed by atoms with Gasteiger partial charge in [0.25, 0.3) is 0 Å². The summed E-state index contributed by atoms with van der Waals surface area (Å²) in [5.74, 6) is 2.67. The van der Waals surface area contributed by atoms with Crippen molar-refractivity contribution in [3.8, 4) is 0 Å². The van der Waals surface area contributed by atoms with Crippen LogP contribution < -0.4 is 10.2 Å². The van der Waals surface area contributed by atoms with Crippen molar-refractivity contribution in [2.24, 2.45) is 5.92 Å². The first kappa shape index (κ1) is 25.7. The van der Waals surface area contributed by atoms with Crippen molar-refractivity contribution in [2.45, 2.75) is 46.4 Å². The standard InChI is InChI=1S/C28H38N6O2/c1-6-26(35)33-14-12-32(13-15-33)25(16-20(3)4)23-10-8-22(9-11-23)17-29-28-30-18-24-19-36-21(5)34(7-2)27(24)31-28/h6,8-11,18,20,25H,1,5,7,12-17,19H2,2-4H3,(H,29,30,31). The van der Waals surface area contributed by atoms with Crippen molar-refractivity contribution in [3.05, 3.63) is 72.3 Å². The molecule has 8 heteroatoms. The van der Waals surface area contributed by atoms with Crippen molar-refractivity contribution >= 4 is 17.7 Å². The lowest BCUT2D eigenvalue weighted by atomic mass is 9.94. The third kappa shape index (κ3) is 5.87. The second kappa shape index (κ2) is 11.6. The number of hydrogen-bond acceptors (Lipinski definition) is 7. The molecule has 0 bridgehead atoms. The molecule has 2 aliphatic heterocycles. The average Bonchev–Trinajstić information content (AvgIpc) is 2.90. The molecule has 1 N–H and O–H groups in total. The molecule has 0 saturated carbocycles. The number of rotatable bonds is 9. The predicted molar refractivity (Wildman–Crippen MR) is 143 cm³/mol. The maximum absolute atomic E-state index is 12.0. The van der Waals surface area contributed by atoms with Crippen LogP contribution in [-0.2, 0) is 22.7 Å². The van der Waals surface area contributed by atoms with Gasteiger partial charge in [0.2, 0.25) is 11.9 Å². The van der Waals surface area contributed by atoms with Crippen LogP contribution in [0.2, 0.25) is 0 Å². The Morgan fingerprint density at radius 2 is 1.92 bits per heavy atom. The summed E-state index contributed by atoms with van der Waals surface area (Å²) in [6, 6.07) is 9.17. The topological polar surface area (TPSA) is 73.8 Å². The minimum Gasteiger partial charge on any atom is -0.474 e. The Labute approximate surface area is 214 Å². The van der Waals surface area contributed by atoms with Crippen molar-refractivity contribution in [2.75, 3.05) is 42.9 Å². The van der Waals surface area contributed by atoms with E-state index in [0.717, 1.165) is 50.5 Å². The molecule has 1 unspecified atom stereocenters. The first-order chi connectivity index (χ1) is 17.4. The maximum atomic E-state index is 12.0. The molecule has 0 radical (unpaired) electrons. The van der Waals surface area contributed by atoms with E-state index in [1.54, 1.807) is 0 Å². The van der Waals surface area contributed by atoms with E-state index in [1.165, 1.54) is 17.2 Å². The van der Waals surface area contributed by atoms with E-state index in [4.69, 9.17) is 9.72 Å². The van der Waals surface area contributed by atoms with Crippen LogP contribution in [0.25, 0.3) is 0 Å². The van der Waals surface area contributed by atoms with Gasteiger partial charge in [-0.15, -0.1) is 0 Å². The molecule has 1 atom stereocenters. The van der Waals surface area contributed by atoms with E-state index >= 15 is 0 Å². The summed E-state index contributed by atoms with van der Waals surface area (Å²) < 4.78 is 5.60. The van der Waals surface area contributed by atoms with Gasteiger partial charge in [0.05, 0.1) is 5.56 Å². The van der Waals surface area contributed by atoms with Crippen LogP contribution in [0.1, 0.15) is 49.9 Å². The Hall–Kier alpha value is -3.39. The summed E-state index contributed by atoms with van der Waals surface area (Å²) in [5, 5.41) is 3.36. The van der Waals surface area contributed by atoms with Gasteiger partial charge in [-0.3, -0.25) is 14.6 Å². The van der Waals surface area contributed by atoms with Gasteiger partial charge in [-0.2, -0.15) is 4.98 Å². The lowest BCUT2D eigenvalue weighted by Gasteiger charge is -2.40. The van der Waals surface area contributed by atoms with Crippen molar-refractivity contribution in [1.82, 2.24) is 19.8 Å². The number of nitrogens with zero attached hydrogens (tertiary/aromatic N) is 5. The third-order valence-electron chi connectivity index (χ3n) is 6.86. The number of aromatic nitrogens is 2. The van der Waals surface area contributed by atoms with Gasteiger partial charge < -0.3 is 15.0 Å². The number of piperazine rings is 1. The number of amides is 1. The zero-order chi connectivity index (χ0) is 25.7. The molecule has 8 nitrogen and oxygen atoms in total. The van der Waals surface area contributed by atoms with Crippen molar-refractivity contribution in [3.63, 3.8) is 0 Å². The second-order valence-corrected chi connectivity index (χ2v) is 9.77. The van der Waals surface area contributed by atoms with Crippen LogP contribution in [0, 0.1) is 5.92 Å². The molecular formula is C28H38N6O2. The fraction of sp³-hybridized carbons (Fsp3) is 0.464. The highest BCUT2D eigenvalue weighted by atomic mass is 16.5. The molecule has 0 spiro atoms. The van der Waals surface area contributed by atoms with E-state index in [-0.39, 0.29) is 5.91 Å². The Bertz CT molecular complexity index is 1080. The molecular weight excluding hydrogens is 452 g/mol. The molecule has 1 saturated heterocycles. The van der Waals surface area contributed by atoms with E-state index in [1.807, 2.05) is 22.9 Å². The van der Waals surface area contributed by atoms with Crippen molar-refractivity contribution < 1.29 is 9.53 Å². The van der Waals surface area contributed by atoms with Gasteiger partial charge in [-0.05, 0) is 43.0 Å². The summed E-state index contributed by atoms with van der Waals surface area (Å²) >= 11 is 0. The Morgan fingerprint density at radius 1 is 1.19 bits per heavy atom. The minimum absolute atomic E-state index is 0.0236. The molecule has 1 aromatic heterocycles. The molecule has 192 valence electrons. The van der Waals surface area contributed by atoms with Gasteiger partial charge in [0, 0.05) is 51.5 Å². The lowest BCUT2D eigenvalue weighted by molar-refractivity contribution is -0.128. The number of ether oxygens (including phenoxy) is 1. The quantitative estimate of drug-likeness (QED) is 0.525. The number of carbonyl (C=O) groups excluding carboxylic acids is 1. The molecule has 1 aromatic carbocycles. The number of carbonyl (C=O) groups is 1. The van der Waals surface area contributed by atoms with Crippen LogP contribution in [0.5, 0.6) is 0 Å². The van der Waals surface area contributed by atoms with Gasteiger partial charge >= 0.3 is 0 Å². The molecule has 1 fully saturated rings. The first-order valence-corrected chi connectivity index (χ1v) is 12.8. The largest absolute Gasteiger partial charge is 0.474 e. The van der Waals surface area contributed by atoms with Crippen LogP contribution >= 0.6 is 0 Å². The molecule has 3 heterocycles. The van der Waals surface area contributed by atoms with Gasteiger partial charge in [-0.25, -0.2) is 4.98 Å². The summed E-state index contributed by atoms with van der Waals surface area (Å²) in [6.07, 6.45) is 4.31. The number of hydrogen-bond donors (Lipinski definition) is 1. The molecule has 36 heavy (non-hydrogen) atoms. The first-order valence-electron chi connectivity index (χ1n) is 12.8. The molecule has 4 rings (SSSR count). The summed E-state index contributed by atoms with van der Waals surface area (Å²) in [5.41, 5.74) is 3.45. The highest BCUT2D eigenvalue weighted by molar-refractivity contribution is 5.87. The third-order valence-corrected chi connectivity index (χ3v) is 6.86. The normalized spacial score (nSPS) is 16.9. The van der Waals surface area contributed by atoms with Crippen LogP contribution in [0.3, 0.4) is 0 Å². The van der Waals surface area contributed by atoms with E-state index < -0.39 is 0 Å². The molecule has 2 aromatic rings. The fourth-order valence-electron chi connectivity index (χ4n) is 4.87. The maximum Gasteiger partial charge on any atom is 0.246 e. The van der Waals surface area contributed by atoms with E-state index in [2.05, 4.69) is 66.5 Å². The predicted octanol–water partition coefficient (Wildman–Crippen LogP) is 4.33. The summed E-state index contributed by atoms with van der Waals surface area (Å²) in [6.45, 7) is 19.3. The molecule has 1 amide bonds. The highest BCUT2D eigenvalue weighted by Crippen LogP contribution is 2.30. The second-order valence-electron chi connectivity index (χ2n) is 9.77. The summed E-state index contributed by atoms with van der Waals surface area (Å²) in [7, 11) is 0. The lowest BCUT2D eigenvalue weighted by Crippen LogP contribution is -2.49. The number of benzene rings is 1. The van der Waals surface area contributed by atoms with E-state index in [9.17, 15) is 4.79 Å². The van der Waals surface area contributed by atoms with Gasteiger partial charge in [0.1, 0.15) is 12.4 Å². The van der Waals surface area contributed by atoms with Crippen LogP contribution in [0.15, 0.2) is 55.6 Å². The van der Waals surface area contributed by atoms with Crippen LogP contribution in [-0.4, -0.2) is 58.4 Å². The summed E-state index contributed by atoms with van der Waals surface area (Å²) in [4.78, 5) is 27.5. The number of nitrogens with one attached hydrogen (secondary N) is 1. The average molecular weight is 491 g/mol. The SMILES string of the molecule is C=CC(=O)N1CCN(C(CC(C)C)c2ccc(CNc3ncc4c(n3)N(CC)C(=C)OC4)cc2)CC1. The highest BCUT2D eigenvalue weighted by Gasteiger charge is 2.27. The van der Waals surface area contributed by atoms with Crippen molar-refractivity contribution in [1.29, 1.82) is 0 Å². The Balaban J connectivity index is 1.40. The molecule has 2 aliphatic rings. The smallest absolute Gasteiger partial charge is 0.246 e. The Morgan fingerprint density at radius 3 is 2.56 bits per heavy atom. The number of fused-ring (bicyclic) bond motifs is 1. The van der Waals surface area contributed by atoms with E-state index in [0.29, 0.717) is 36.9 Å². The zero-order valence-electron chi connectivity index (χ0n) is 21.7.